The summed E-state index contributed by atoms with van der Waals surface area (Å²) in [6.07, 6.45) is 2.96. The lowest BCUT2D eigenvalue weighted by molar-refractivity contribution is 0.304. The molecule has 0 radical (unpaired) electrons. The molecule has 1 aliphatic carbocycles. The summed E-state index contributed by atoms with van der Waals surface area (Å²) < 4.78 is 25.2. The van der Waals surface area contributed by atoms with Crippen LogP contribution in [0.15, 0.2) is 0 Å². The third-order valence-corrected chi connectivity index (χ3v) is 5.37. The first-order chi connectivity index (χ1) is 6.50. The molecule has 0 aromatic carbocycles. The molecular formula is C9H18N2O2S. The molecule has 1 saturated heterocycles. The van der Waals surface area contributed by atoms with Crippen LogP contribution in [0.3, 0.4) is 0 Å². The van der Waals surface area contributed by atoms with Crippen molar-refractivity contribution < 1.29 is 8.42 Å². The van der Waals surface area contributed by atoms with E-state index in [4.69, 9.17) is 5.73 Å². The molecule has 2 N–H and O–H groups in total. The van der Waals surface area contributed by atoms with Crippen LogP contribution in [0, 0.1) is 5.92 Å². The predicted octanol–water partition coefficient (Wildman–Crippen LogP) is 0.148. The fourth-order valence-corrected chi connectivity index (χ4v) is 4.77. The molecule has 5 heteroatoms. The van der Waals surface area contributed by atoms with E-state index in [1.807, 2.05) is 6.92 Å². The van der Waals surface area contributed by atoms with Gasteiger partial charge in [0.2, 0.25) is 10.0 Å². The van der Waals surface area contributed by atoms with Crippen molar-refractivity contribution in [2.45, 2.75) is 38.3 Å². The minimum Gasteiger partial charge on any atom is -0.326 e. The van der Waals surface area contributed by atoms with Crippen molar-refractivity contribution in [3.8, 4) is 0 Å². The van der Waals surface area contributed by atoms with Crippen molar-refractivity contribution >= 4 is 10.0 Å². The van der Waals surface area contributed by atoms with Crippen molar-refractivity contribution in [1.82, 2.24) is 4.31 Å². The molecule has 2 rings (SSSR count). The molecule has 0 spiro atoms. The van der Waals surface area contributed by atoms with Crippen LogP contribution in [-0.2, 0) is 10.0 Å². The number of hydrogen-bond donors (Lipinski definition) is 1. The molecule has 0 aromatic rings. The summed E-state index contributed by atoms with van der Waals surface area (Å²) in [5, 5.41) is 0. The Hall–Kier alpha value is -0.130. The van der Waals surface area contributed by atoms with Gasteiger partial charge in [0.15, 0.2) is 0 Å². The Morgan fingerprint density at radius 2 is 2.07 bits per heavy atom. The Labute approximate surface area is 85.5 Å². The van der Waals surface area contributed by atoms with Crippen molar-refractivity contribution in [2.24, 2.45) is 11.7 Å². The molecule has 2 aliphatic rings. The number of nitrogens with zero attached hydrogens (tertiary/aromatic N) is 1. The fourth-order valence-electron chi connectivity index (χ4n) is 2.60. The van der Waals surface area contributed by atoms with E-state index in [1.54, 1.807) is 4.31 Å². The van der Waals surface area contributed by atoms with Gasteiger partial charge in [-0.3, -0.25) is 0 Å². The van der Waals surface area contributed by atoms with Gasteiger partial charge in [-0.2, -0.15) is 4.31 Å². The van der Waals surface area contributed by atoms with E-state index in [0.717, 1.165) is 19.3 Å². The van der Waals surface area contributed by atoms with E-state index in [1.165, 1.54) is 0 Å². The van der Waals surface area contributed by atoms with Gasteiger partial charge in [0.25, 0.3) is 0 Å². The Balaban J connectivity index is 2.18. The predicted molar refractivity (Wildman–Crippen MR) is 55.3 cm³/mol. The first-order valence-corrected chi connectivity index (χ1v) is 6.87. The van der Waals surface area contributed by atoms with Crippen molar-refractivity contribution in [3.63, 3.8) is 0 Å². The zero-order chi connectivity index (χ0) is 10.3. The van der Waals surface area contributed by atoms with E-state index in [9.17, 15) is 8.42 Å². The third kappa shape index (κ3) is 1.68. The summed E-state index contributed by atoms with van der Waals surface area (Å²) in [5.74, 6) is 0.559. The van der Waals surface area contributed by atoms with E-state index >= 15 is 0 Å². The maximum Gasteiger partial charge on any atom is 0.214 e. The molecule has 0 amide bonds. The topological polar surface area (TPSA) is 63.4 Å². The molecule has 0 bridgehead atoms. The van der Waals surface area contributed by atoms with Crippen LogP contribution in [0.4, 0.5) is 0 Å². The Morgan fingerprint density at radius 1 is 1.36 bits per heavy atom. The normalized spacial score (nSPS) is 43.1. The van der Waals surface area contributed by atoms with E-state index in [-0.39, 0.29) is 18.0 Å². The molecule has 3 atom stereocenters. The molecule has 4 nitrogen and oxygen atoms in total. The number of nitrogens with two attached hydrogens (primary N) is 1. The highest BCUT2D eigenvalue weighted by atomic mass is 32.2. The smallest absolute Gasteiger partial charge is 0.214 e. The molecule has 1 heterocycles. The van der Waals surface area contributed by atoms with E-state index in [2.05, 4.69) is 0 Å². The van der Waals surface area contributed by atoms with E-state index in [0.29, 0.717) is 12.3 Å². The van der Waals surface area contributed by atoms with Crippen LogP contribution in [0.5, 0.6) is 0 Å². The molecule has 0 aromatic heterocycles. The molecule has 1 saturated carbocycles. The highest BCUT2D eigenvalue weighted by Gasteiger charge is 2.42. The second-order valence-electron chi connectivity index (χ2n) is 4.62. The van der Waals surface area contributed by atoms with Gasteiger partial charge in [0.05, 0.1) is 5.75 Å². The van der Waals surface area contributed by atoms with Gasteiger partial charge in [0, 0.05) is 18.6 Å². The minimum atomic E-state index is -3.00. The third-order valence-electron chi connectivity index (χ3n) is 3.25. The first-order valence-electron chi connectivity index (χ1n) is 5.26. The average molecular weight is 218 g/mol. The first kappa shape index (κ1) is 10.4. The average Bonchev–Trinajstić information content (AvgIpc) is 2.55. The van der Waals surface area contributed by atoms with E-state index < -0.39 is 10.0 Å². The van der Waals surface area contributed by atoms with Crippen LogP contribution < -0.4 is 5.73 Å². The van der Waals surface area contributed by atoms with Crippen LogP contribution >= 0.6 is 0 Å². The second kappa shape index (κ2) is 3.47. The maximum atomic E-state index is 11.8. The monoisotopic (exact) mass is 218 g/mol. The molecule has 3 unspecified atom stereocenters. The second-order valence-corrected chi connectivity index (χ2v) is 6.58. The lowest BCUT2D eigenvalue weighted by Gasteiger charge is -2.25. The summed E-state index contributed by atoms with van der Waals surface area (Å²) in [6.45, 7) is 2.65. The molecule has 14 heavy (non-hydrogen) atoms. The molecule has 1 aliphatic heterocycles. The number of sulfonamides is 1. The van der Waals surface area contributed by atoms with Gasteiger partial charge >= 0.3 is 0 Å². The SMILES string of the molecule is CC1CN(C2CCCC2N)S(=O)(=O)C1. The van der Waals surface area contributed by atoms with Gasteiger partial charge < -0.3 is 5.73 Å². The highest BCUT2D eigenvalue weighted by molar-refractivity contribution is 7.89. The quantitative estimate of drug-likeness (QED) is 0.681. The van der Waals surface area contributed by atoms with Crippen molar-refractivity contribution in [3.05, 3.63) is 0 Å². The maximum absolute atomic E-state index is 11.8. The standard InChI is InChI=1S/C9H18N2O2S/c1-7-5-11(14(12,13)6-7)9-4-2-3-8(9)10/h7-9H,2-6,10H2,1H3. The van der Waals surface area contributed by atoms with Crippen molar-refractivity contribution in [2.75, 3.05) is 12.3 Å². The van der Waals surface area contributed by atoms with Crippen LogP contribution in [0.1, 0.15) is 26.2 Å². The fraction of sp³-hybridized carbons (Fsp3) is 1.00. The van der Waals surface area contributed by atoms with Crippen LogP contribution in [0.25, 0.3) is 0 Å². The number of hydrogen-bond acceptors (Lipinski definition) is 3. The largest absolute Gasteiger partial charge is 0.326 e. The Morgan fingerprint density at radius 3 is 2.50 bits per heavy atom. The summed E-state index contributed by atoms with van der Waals surface area (Å²) in [4.78, 5) is 0. The summed E-state index contributed by atoms with van der Waals surface area (Å²) in [6, 6.07) is 0.125. The van der Waals surface area contributed by atoms with Gasteiger partial charge in [0.1, 0.15) is 0 Å². The Kier molecular flexibility index (Phi) is 2.57. The molecule has 82 valence electrons. The van der Waals surface area contributed by atoms with Gasteiger partial charge in [-0.25, -0.2) is 8.42 Å². The van der Waals surface area contributed by atoms with Crippen LogP contribution in [0.2, 0.25) is 0 Å². The zero-order valence-electron chi connectivity index (χ0n) is 8.52. The minimum absolute atomic E-state index is 0.0510. The lowest BCUT2D eigenvalue weighted by Crippen LogP contribution is -2.45. The zero-order valence-corrected chi connectivity index (χ0v) is 9.33. The summed E-state index contributed by atoms with van der Waals surface area (Å²) in [5.41, 5.74) is 5.92. The molecule has 2 fully saturated rings. The number of rotatable bonds is 1. The van der Waals surface area contributed by atoms with Gasteiger partial charge in [-0.1, -0.05) is 13.3 Å². The summed E-state index contributed by atoms with van der Waals surface area (Å²) in [7, 11) is -3.00. The highest BCUT2D eigenvalue weighted by Crippen LogP contribution is 2.30. The van der Waals surface area contributed by atoms with Crippen LogP contribution in [-0.4, -0.2) is 37.1 Å². The summed E-state index contributed by atoms with van der Waals surface area (Å²) >= 11 is 0. The Bertz CT molecular complexity index is 315. The van der Waals surface area contributed by atoms with Gasteiger partial charge in [-0.15, -0.1) is 0 Å². The van der Waals surface area contributed by atoms with Crippen molar-refractivity contribution in [1.29, 1.82) is 0 Å². The molecular weight excluding hydrogens is 200 g/mol. The van der Waals surface area contributed by atoms with Gasteiger partial charge in [-0.05, 0) is 18.8 Å². The lowest BCUT2D eigenvalue weighted by atomic mass is 10.1.